The molecule has 1 aliphatic carbocycles. The molecular weight excluding hydrogens is 510 g/mol. The lowest BCUT2D eigenvalue weighted by Crippen LogP contribution is -2.09. The van der Waals surface area contributed by atoms with Gasteiger partial charge in [-0.1, -0.05) is 69.2 Å². The lowest BCUT2D eigenvalue weighted by molar-refractivity contribution is 0.437. The average Bonchev–Trinajstić information content (AvgIpc) is 2.94. The molecular formula is C33H34F6. The molecule has 0 bridgehead atoms. The molecule has 3 aromatic carbocycles. The van der Waals surface area contributed by atoms with Crippen LogP contribution in [0, 0.1) is 40.8 Å². The highest BCUT2D eigenvalue weighted by Gasteiger charge is 2.24. The smallest absolute Gasteiger partial charge is 0.167 e. The first-order valence-corrected chi connectivity index (χ1v) is 13.9. The molecule has 0 aliphatic heterocycles. The van der Waals surface area contributed by atoms with E-state index < -0.39 is 34.9 Å². The zero-order chi connectivity index (χ0) is 28.1. The second kappa shape index (κ2) is 12.9. The first kappa shape index (κ1) is 29.0. The number of allylic oxidation sites excluding steroid dienone is 2. The fourth-order valence-corrected chi connectivity index (χ4v) is 5.41. The van der Waals surface area contributed by atoms with Gasteiger partial charge in [0.05, 0.1) is 0 Å². The highest BCUT2D eigenvalue weighted by molar-refractivity contribution is 5.72. The van der Waals surface area contributed by atoms with E-state index >= 15 is 8.78 Å². The van der Waals surface area contributed by atoms with E-state index in [9.17, 15) is 17.6 Å². The van der Waals surface area contributed by atoms with Crippen LogP contribution in [0.3, 0.4) is 0 Å². The number of hydrogen-bond acceptors (Lipinski definition) is 0. The molecule has 39 heavy (non-hydrogen) atoms. The summed E-state index contributed by atoms with van der Waals surface area (Å²) in [5, 5.41) is 0. The van der Waals surface area contributed by atoms with Crippen molar-refractivity contribution < 1.29 is 26.3 Å². The summed E-state index contributed by atoms with van der Waals surface area (Å²) in [7, 11) is 0. The van der Waals surface area contributed by atoms with Crippen LogP contribution in [0.2, 0.25) is 0 Å². The van der Waals surface area contributed by atoms with Crippen molar-refractivity contribution in [3.05, 3.63) is 99.6 Å². The largest absolute Gasteiger partial charge is 0.203 e. The standard InChI is InChI=1S/C33H34F6/c1-3-5-6-7-23-14-15-24(30(36)29(23)35)13-10-20-8-11-22(12-9-20)25-18-19-27(33(39)31(25)37)26-17-16-21(4-2)28(34)32(26)38/h11,14-20H,3-10,12-13H2,1-2H3. The molecule has 0 fully saturated rings. The lowest BCUT2D eigenvalue weighted by Gasteiger charge is -2.23. The third kappa shape index (κ3) is 6.26. The van der Waals surface area contributed by atoms with Crippen molar-refractivity contribution in [1.82, 2.24) is 0 Å². The molecule has 0 aromatic heterocycles. The van der Waals surface area contributed by atoms with Crippen LogP contribution in [0.4, 0.5) is 26.3 Å². The quantitative estimate of drug-likeness (QED) is 0.176. The van der Waals surface area contributed by atoms with E-state index in [4.69, 9.17) is 0 Å². The zero-order valence-electron chi connectivity index (χ0n) is 22.5. The Labute approximate surface area is 226 Å². The maximum atomic E-state index is 15.1. The van der Waals surface area contributed by atoms with Crippen LogP contribution < -0.4 is 0 Å². The highest BCUT2D eigenvalue weighted by atomic mass is 19.2. The Morgan fingerprint density at radius 3 is 1.77 bits per heavy atom. The second-order valence-electron chi connectivity index (χ2n) is 10.4. The van der Waals surface area contributed by atoms with Crippen LogP contribution in [-0.4, -0.2) is 0 Å². The lowest BCUT2D eigenvalue weighted by atomic mass is 9.83. The van der Waals surface area contributed by atoms with Crippen molar-refractivity contribution in [2.75, 3.05) is 0 Å². The summed E-state index contributed by atoms with van der Waals surface area (Å²) in [5.41, 5.74) is 1.06. The number of rotatable bonds is 10. The second-order valence-corrected chi connectivity index (χ2v) is 10.4. The molecule has 0 spiro atoms. The molecule has 0 N–H and O–H groups in total. The summed E-state index contributed by atoms with van der Waals surface area (Å²) in [6.07, 6.45) is 8.37. The van der Waals surface area contributed by atoms with Crippen molar-refractivity contribution in [1.29, 1.82) is 0 Å². The van der Waals surface area contributed by atoms with E-state index in [1.54, 1.807) is 19.1 Å². The van der Waals surface area contributed by atoms with Crippen LogP contribution in [0.15, 0.2) is 42.5 Å². The summed E-state index contributed by atoms with van der Waals surface area (Å²) >= 11 is 0. The molecule has 0 nitrogen and oxygen atoms in total. The predicted molar refractivity (Wildman–Crippen MR) is 144 cm³/mol. The molecule has 4 rings (SSSR count). The number of aryl methyl sites for hydroxylation is 3. The summed E-state index contributed by atoms with van der Waals surface area (Å²) in [6.45, 7) is 3.74. The van der Waals surface area contributed by atoms with E-state index in [0.717, 1.165) is 19.3 Å². The Hall–Kier alpha value is -3.02. The fourth-order valence-electron chi connectivity index (χ4n) is 5.41. The molecule has 0 heterocycles. The van der Waals surface area contributed by atoms with Gasteiger partial charge in [0, 0.05) is 16.7 Å². The summed E-state index contributed by atoms with van der Waals surface area (Å²) < 4.78 is 88.0. The van der Waals surface area contributed by atoms with Crippen LogP contribution in [-0.2, 0) is 19.3 Å². The van der Waals surface area contributed by atoms with Gasteiger partial charge in [0.1, 0.15) is 0 Å². The highest BCUT2D eigenvalue weighted by Crippen LogP contribution is 2.37. The third-order valence-electron chi connectivity index (χ3n) is 7.89. The molecule has 1 aliphatic rings. The third-order valence-corrected chi connectivity index (χ3v) is 7.89. The number of hydrogen-bond donors (Lipinski definition) is 0. The van der Waals surface area contributed by atoms with Crippen molar-refractivity contribution in [3.8, 4) is 11.1 Å². The molecule has 1 unspecified atom stereocenters. The van der Waals surface area contributed by atoms with Gasteiger partial charge in [0.2, 0.25) is 0 Å². The maximum absolute atomic E-state index is 15.1. The minimum Gasteiger partial charge on any atom is -0.203 e. The van der Waals surface area contributed by atoms with Crippen LogP contribution in [0.25, 0.3) is 16.7 Å². The maximum Gasteiger partial charge on any atom is 0.167 e. The Morgan fingerprint density at radius 1 is 0.615 bits per heavy atom. The van der Waals surface area contributed by atoms with Crippen molar-refractivity contribution in [2.24, 2.45) is 5.92 Å². The molecule has 1 atom stereocenters. The molecule has 0 amide bonds. The fraction of sp³-hybridized carbons (Fsp3) is 0.394. The molecule has 0 saturated carbocycles. The first-order valence-electron chi connectivity index (χ1n) is 13.9. The molecule has 208 valence electrons. The van der Waals surface area contributed by atoms with Crippen molar-refractivity contribution in [2.45, 2.75) is 78.1 Å². The number of unbranched alkanes of at least 4 members (excludes halogenated alkanes) is 2. The molecule has 3 aromatic rings. The predicted octanol–water partition coefficient (Wildman–Crippen LogP) is 10.3. The number of benzene rings is 3. The molecule has 0 saturated heterocycles. The van der Waals surface area contributed by atoms with E-state index in [2.05, 4.69) is 6.92 Å². The van der Waals surface area contributed by atoms with E-state index in [1.807, 2.05) is 6.08 Å². The molecule has 6 heteroatoms. The average molecular weight is 545 g/mol. The molecule has 0 radical (unpaired) electrons. The Kier molecular flexibility index (Phi) is 9.58. The van der Waals surface area contributed by atoms with E-state index in [-0.39, 0.29) is 34.6 Å². The normalized spacial score (nSPS) is 15.5. The van der Waals surface area contributed by atoms with Gasteiger partial charge in [-0.25, -0.2) is 26.3 Å². The van der Waals surface area contributed by atoms with Gasteiger partial charge in [0.15, 0.2) is 34.9 Å². The van der Waals surface area contributed by atoms with Crippen molar-refractivity contribution in [3.63, 3.8) is 0 Å². The van der Waals surface area contributed by atoms with Crippen LogP contribution >= 0.6 is 0 Å². The SMILES string of the molecule is CCCCCc1ccc(CCC2CC=C(c3ccc(-c4ccc(CC)c(F)c4F)c(F)c3F)CC2)c(F)c1F. The summed E-state index contributed by atoms with van der Waals surface area (Å²) in [4.78, 5) is 0. The van der Waals surface area contributed by atoms with Crippen LogP contribution in [0.5, 0.6) is 0 Å². The van der Waals surface area contributed by atoms with E-state index in [0.29, 0.717) is 55.2 Å². The van der Waals surface area contributed by atoms with Crippen LogP contribution in [0.1, 0.15) is 81.0 Å². The summed E-state index contributed by atoms with van der Waals surface area (Å²) in [5.74, 6) is -5.86. The number of halogens is 6. The van der Waals surface area contributed by atoms with Gasteiger partial charge in [-0.05, 0) is 79.5 Å². The van der Waals surface area contributed by atoms with Gasteiger partial charge in [0.25, 0.3) is 0 Å². The Balaban J connectivity index is 1.43. The minimum absolute atomic E-state index is 0.104. The Bertz CT molecular complexity index is 1360. The van der Waals surface area contributed by atoms with Crippen molar-refractivity contribution >= 4 is 5.57 Å². The first-order chi connectivity index (χ1) is 18.8. The van der Waals surface area contributed by atoms with E-state index in [1.165, 1.54) is 24.3 Å². The van der Waals surface area contributed by atoms with Gasteiger partial charge in [-0.15, -0.1) is 0 Å². The Morgan fingerprint density at radius 2 is 1.15 bits per heavy atom. The van der Waals surface area contributed by atoms with Gasteiger partial charge < -0.3 is 0 Å². The van der Waals surface area contributed by atoms with Gasteiger partial charge in [-0.2, -0.15) is 0 Å². The summed E-state index contributed by atoms with van der Waals surface area (Å²) in [6, 6.07) is 8.70. The monoisotopic (exact) mass is 544 g/mol. The van der Waals surface area contributed by atoms with Gasteiger partial charge in [-0.3, -0.25) is 0 Å². The topological polar surface area (TPSA) is 0 Å². The van der Waals surface area contributed by atoms with Gasteiger partial charge >= 0.3 is 0 Å². The zero-order valence-corrected chi connectivity index (χ0v) is 22.5. The minimum atomic E-state index is -1.21.